The Bertz CT molecular complexity index is 609. The number of hydrogen-bond acceptors (Lipinski definition) is 2. The van der Waals surface area contributed by atoms with Gasteiger partial charge in [0.25, 0.3) is 0 Å². The lowest BCUT2D eigenvalue weighted by atomic mass is 10.1. The third kappa shape index (κ3) is 3.90. The van der Waals surface area contributed by atoms with E-state index in [2.05, 4.69) is 10.5 Å². The number of carbonyl (C=O) groups excluding carboxylic acids is 1. The predicted molar refractivity (Wildman–Crippen MR) is 77.3 cm³/mol. The van der Waals surface area contributed by atoms with E-state index in [9.17, 15) is 9.18 Å². The van der Waals surface area contributed by atoms with Gasteiger partial charge in [0.2, 0.25) is 5.91 Å². The first-order chi connectivity index (χ1) is 9.66. The summed E-state index contributed by atoms with van der Waals surface area (Å²) in [6, 6.07) is 13.6. The monoisotopic (exact) mass is 290 g/mol. The second-order valence-electron chi connectivity index (χ2n) is 4.09. The van der Waals surface area contributed by atoms with Crippen LogP contribution in [0.5, 0.6) is 0 Å². The third-order valence-corrected chi connectivity index (χ3v) is 2.92. The minimum Gasteiger partial charge on any atom is -0.273 e. The molecule has 5 heteroatoms. The number of amides is 1. The lowest BCUT2D eigenvalue weighted by Crippen LogP contribution is -2.19. The Balaban J connectivity index is 1.95. The van der Waals surface area contributed by atoms with Gasteiger partial charge in [-0.3, -0.25) is 4.79 Å². The van der Waals surface area contributed by atoms with E-state index >= 15 is 0 Å². The molecule has 0 heterocycles. The molecule has 0 spiro atoms. The van der Waals surface area contributed by atoms with Crippen molar-refractivity contribution in [2.75, 3.05) is 0 Å². The molecular weight excluding hydrogens is 279 g/mol. The van der Waals surface area contributed by atoms with Gasteiger partial charge >= 0.3 is 0 Å². The van der Waals surface area contributed by atoms with E-state index in [-0.39, 0.29) is 22.9 Å². The Morgan fingerprint density at radius 1 is 1.20 bits per heavy atom. The van der Waals surface area contributed by atoms with E-state index in [0.29, 0.717) is 0 Å². The fourth-order valence-electron chi connectivity index (χ4n) is 1.62. The largest absolute Gasteiger partial charge is 0.273 e. The summed E-state index contributed by atoms with van der Waals surface area (Å²) in [6.07, 6.45) is 1.41. The summed E-state index contributed by atoms with van der Waals surface area (Å²) < 4.78 is 13.4. The van der Waals surface area contributed by atoms with Crippen LogP contribution in [0.25, 0.3) is 0 Å². The third-order valence-electron chi connectivity index (χ3n) is 2.59. The first kappa shape index (κ1) is 14.2. The Labute approximate surface area is 121 Å². The van der Waals surface area contributed by atoms with E-state index in [4.69, 9.17) is 11.6 Å². The highest BCUT2D eigenvalue weighted by Crippen LogP contribution is 2.16. The first-order valence-electron chi connectivity index (χ1n) is 5.96. The molecule has 0 aromatic heterocycles. The lowest BCUT2D eigenvalue weighted by Gasteiger charge is -2.01. The van der Waals surface area contributed by atoms with Gasteiger partial charge in [0.05, 0.1) is 17.7 Å². The molecule has 0 aliphatic rings. The van der Waals surface area contributed by atoms with Gasteiger partial charge in [-0.2, -0.15) is 5.10 Å². The predicted octanol–water partition coefficient (Wildman–Crippen LogP) is 3.17. The van der Waals surface area contributed by atoms with Gasteiger partial charge in [0.1, 0.15) is 5.82 Å². The van der Waals surface area contributed by atoms with Gasteiger partial charge < -0.3 is 0 Å². The van der Waals surface area contributed by atoms with E-state index in [0.717, 1.165) is 5.56 Å². The summed E-state index contributed by atoms with van der Waals surface area (Å²) in [4.78, 5) is 11.6. The molecule has 20 heavy (non-hydrogen) atoms. The molecule has 0 saturated heterocycles. The van der Waals surface area contributed by atoms with E-state index in [1.165, 1.54) is 18.3 Å². The number of halogens is 2. The number of benzene rings is 2. The average molecular weight is 291 g/mol. The zero-order valence-electron chi connectivity index (χ0n) is 10.5. The zero-order valence-corrected chi connectivity index (χ0v) is 11.3. The molecule has 0 radical (unpaired) electrons. The van der Waals surface area contributed by atoms with Crippen molar-refractivity contribution in [2.45, 2.75) is 6.42 Å². The normalized spacial score (nSPS) is 10.7. The summed E-state index contributed by atoms with van der Waals surface area (Å²) >= 11 is 5.83. The lowest BCUT2D eigenvalue weighted by molar-refractivity contribution is -0.120. The number of carbonyl (C=O) groups is 1. The number of rotatable bonds is 4. The fourth-order valence-corrected chi connectivity index (χ4v) is 1.84. The van der Waals surface area contributed by atoms with Gasteiger partial charge in [-0.05, 0) is 17.7 Å². The Morgan fingerprint density at radius 3 is 2.65 bits per heavy atom. The van der Waals surface area contributed by atoms with Crippen LogP contribution in [0.15, 0.2) is 53.6 Å². The van der Waals surface area contributed by atoms with Crippen LogP contribution in [0.4, 0.5) is 4.39 Å². The van der Waals surface area contributed by atoms with Crippen molar-refractivity contribution in [3.8, 4) is 0 Å². The summed E-state index contributed by atoms with van der Waals surface area (Å²) in [7, 11) is 0. The average Bonchev–Trinajstić information content (AvgIpc) is 2.43. The molecular formula is C15H12ClFN2O. The van der Waals surface area contributed by atoms with Crippen LogP contribution in [0.2, 0.25) is 5.02 Å². The Hall–Kier alpha value is -2.20. The van der Waals surface area contributed by atoms with Crippen LogP contribution in [0.1, 0.15) is 11.1 Å². The van der Waals surface area contributed by atoms with Gasteiger partial charge in [0.15, 0.2) is 0 Å². The smallest absolute Gasteiger partial charge is 0.244 e. The summed E-state index contributed by atoms with van der Waals surface area (Å²) in [6.45, 7) is 0. The molecule has 0 aliphatic heterocycles. The zero-order chi connectivity index (χ0) is 14.4. The van der Waals surface area contributed by atoms with Crippen LogP contribution in [0.3, 0.4) is 0 Å². The van der Waals surface area contributed by atoms with E-state index in [1.807, 2.05) is 30.3 Å². The molecule has 0 fully saturated rings. The fraction of sp³-hybridized carbons (Fsp3) is 0.0667. The second kappa shape index (κ2) is 6.82. The number of nitrogens with zero attached hydrogens (tertiary/aromatic N) is 1. The van der Waals surface area contributed by atoms with Crippen molar-refractivity contribution in [3.05, 3.63) is 70.5 Å². The second-order valence-corrected chi connectivity index (χ2v) is 4.50. The van der Waals surface area contributed by atoms with E-state index < -0.39 is 5.82 Å². The number of hydrogen-bond donors (Lipinski definition) is 1. The topological polar surface area (TPSA) is 41.5 Å². The molecule has 0 bridgehead atoms. The van der Waals surface area contributed by atoms with Crippen molar-refractivity contribution in [2.24, 2.45) is 5.10 Å². The van der Waals surface area contributed by atoms with Crippen LogP contribution in [-0.4, -0.2) is 12.1 Å². The molecule has 3 nitrogen and oxygen atoms in total. The van der Waals surface area contributed by atoms with Crippen molar-refractivity contribution in [3.63, 3.8) is 0 Å². The summed E-state index contributed by atoms with van der Waals surface area (Å²) in [5.74, 6) is -0.765. The Kier molecular flexibility index (Phi) is 4.85. The van der Waals surface area contributed by atoms with Crippen LogP contribution in [-0.2, 0) is 11.2 Å². The molecule has 0 atom stereocenters. The molecule has 2 rings (SSSR count). The van der Waals surface area contributed by atoms with Crippen molar-refractivity contribution in [1.29, 1.82) is 0 Å². The number of hydrazone groups is 1. The van der Waals surface area contributed by atoms with Gasteiger partial charge in [-0.1, -0.05) is 48.0 Å². The molecule has 102 valence electrons. The maximum absolute atomic E-state index is 13.4. The van der Waals surface area contributed by atoms with Crippen LogP contribution in [0, 0.1) is 5.82 Å². The quantitative estimate of drug-likeness (QED) is 0.682. The standard InChI is InChI=1S/C15H12ClFN2O/c16-13-7-4-8-14(17)12(13)10-18-19-15(20)9-11-5-2-1-3-6-11/h1-8,10H,9H2,(H,19,20)/b18-10-. The molecule has 0 unspecified atom stereocenters. The van der Waals surface area contributed by atoms with Gasteiger partial charge in [-0.15, -0.1) is 0 Å². The minimum absolute atomic E-state index is 0.147. The van der Waals surface area contributed by atoms with Gasteiger partial charge in [-0.25, -0.2) is 9.82 Å². The highest BCUT2D eigenvalue weighted by atomic mass is 35.5. The van der Waals surface area contributed by atoms with Crippen molar-refractivity contribution in [1.82, 2.24) is 5.43 Å². The molecule has 1 amide bonds. The molecule has 2 aromatic carbocycles. The molecule has 0 saturated carbocycles. The van der Waals surface area contributed by atoms with Crippen molar-refractivity contribution >= 4 is 23.7 Å². The summed E-state index contributed by atoms with van der Waals surface area (Å²) in [5, 5.41) is 3.95. The molecule has 1 N–H and O–H groups in total. The highest BCUT2D eigenvalue weighted by molar-refractivity contribution is 6.33. The summed E-state index contributed by atoms with van der Waals surface area (Å²) in [5.41, 5.74) is 3.37. The van der Waals surface area contributed by atoms with Crippen molar-refractivity contribution < 1.29 is 9.18 Å². The maximum atomic E-state index is 13.4. The first-order valence-corrected chi connectivity index (χ1v) is 6.34. The maximum Gasteiger partial charge on any atom is 0.244 e. The van der Waals surface area contributed by atoms with Gasteiger partial charge in [0, 0.05) is 5.56 Å². The Morgan fingerprint density at radius 2 is 1.95 bits per heavy atom. The van der Waals surface area contributed by atoms with E-state index in [1.54, 1.807) is 6.07 Å². The highest BCUT2D eigenvalue weighted by Gasteiger charge is 2.04. The van der Waals surface area contributed by atoms with Crippen LogP contribution >= 0.6 is 11.6 Å². The molecule has 0 aliphatic carbocycles. The molecule has 2 aromatic rings. The SMILES string of the molecule is O=C(Cc1ccccc1)N/N=C\c1c(F)cccc1Cl. The van der Waals surface area contributed by atoms with Crippen LogP contribution < -0.4 is 5.43 Å². The minimum atomic E-state index is -0.487. The number of nitrogens with one attached hydrogen (secondary N) is 1.